The number of aromatic nitrogens is 1. The molecule has 2 aromatic heterocycles. The van der Waals surface area contributed by atoms with Crippen molar-refractivity contribution in [1.29, 1.82) is 0 Å². The number of carbonyl (C=O) groups is 1. The van der Waals surface area contributed by atoms with Crippen LogP contribution in [0.2, 0.25) is 0 Å². The van der Waals surface area contributed by atoms with Crippen molar-refractivity contribution in [2.75, 3.05) is 18.1 Å². The van der Waals surface area contributed by atoms with Crippen molar-refractivity contribution in [3.8, 4) is 0 Å². The molecule has 10 heteroatoms. The maximum absolute atomic E-state index is 12.9. The summed E-state index contributed by atoms with van der Waals surface area (Å²) in [5.74, 6) is -1.10. The lowest BCUT2D eigenvalue weighted by atomic mass is 10.0. The molecule has 1 atom stereocenters. The van der Waals surface area contributed by atoms with Gasteiger partial charge in [-0.15, -0.1) is 11.3 Å². The zero-order valence-electron chi connectivity index (χ0n) is 15.7. The third-order valence-electron chi connectivity index (χ3n) is 4.63. The van der Waals surface area contributed by atoms with E-state index in [4.69, 9.17) is 4.42 Å². The Balaban J connectivity index is 1.86. The Morgan fingerprint density at radius 3 is 2.69 bits per heavy atom. The molecule has 2 N–H and O–H groups in total. The second kappa shape index (κ2) is 8.03. The number of carboxylic acid groups (broad SMARTS) is 1. The molecule has 0 spiro atoms. The van der Waals surface area contributed by atoms with E-state index in [0.717, 1.165) is 5.56 Å². The maximum atomic E-state index is 12.9. The highest BCUT2D eigenvalue weighted by Crippen LogP contribution is 2.34. The van der Waals surface area contributed by atoms with Crippen molar-refractivity contribution in [3.63, 3.8) is 0 Å². The van der Waals surface area contributed by atoms with Gasteiger partial charge in [0.2, 0.25) is 5.76 Å². The van der Waals surface area contributed by atoms with E-state index in [9.17, 15) is 28.2 Å². The van der Waals surface area contributed by atoms with Crippen LogP contribution in [0, 0.1) is 6.92 Å². The van der Waals surface area contributed by atoms with Crippen molar-refractivity contribution in [2.24, 2.45) is 0 Å². The summed E-state index contributed by atoms with van der Waals surface area (Å²) in [4.78, 5) is 16.5. The summed E-state index contributed by atoms with van der Waals surface area (Å²) in [6.45, 7) is 3.40. The third kappa shape index (κ3) is 4.38. The number of fused-ring (bicyclic) bond motifs is 1. The normalized spacial score (nSPS) is 13.0. The number of aliphatic hydroxyl groups excluding tert-OH is 1. The lowest BCUT2D eigenvalue weighted by molar-refractivity contribution is -0.137. The lowest BCUT2D eigenvalue weighted by Crippen LogP contribution is -2.37. The largest absolute Gasteiger partial charge is 0.475 e. The van der Waals surface area contributed by atoms with Gasteiger partial charge in [-0.3, -0.25) is 0 Å². The third-order valence-corrected chi connectivity index (χ3v) is 5.50. The van der Waals surface area contributed by atoms with E-state index in [1.807, 2.05) is 13.0 Å². The van der Waals surface area contributed by atoms with E-state index in [1.54, 1.807) is 24.0 Å². The van der Waals surface area contributed by atoms with Crippen molar-refractivity contribution < 1.29 is 32.6 Å². The molecule has 0 amide bonds. The van der Waals surface area contributed by atoms with Crippen LogP contribution in [-0.4, -0.2) is 40.4 Å². The molecule has 0 saturated carbocycles. The highest BCUT2D eigenvalue weighted by Gasteiger charge is 2.35. The number of furan rings is 1. The first-order valence-electron chi connectivity index (χ1n) is 8.77. The summed E-state index contributed by atoms with van der Waals surface area (Å²) in [6.07, 6.45) is -4.05. The molecule has 0 aliphatic rings. The van der Waals surface area contributed by atoms with E-state index in [2.05, 4.69) is 4.98 Å². The van der Waals surface area contributed by atoms with Crippen molar-refractivity contribution in [3.05, 3.63) is 45.5 Å². The van der Waals surface area contributed by atoms with Crippen LogP contribution in [0.1, 0.15) is 33.6 Å². The predicted octanol–water partition coefficient (Wildman–Crippen LogP) is 4.34. The van der Waals surface area contributed by atoms with E-state index in [-0.39, 0.29) is 30.8 Å². The van der Waals surface area contributed by atoms with Crippen molar-refractivity contribution >= 4 is 34.1 Å². The molecule has 0 aliphatic heterocycles. The number of hydrogen-bond donors (Lipinski definition) is 2. The number of carboxylic acids is 1. The molecular formula is C19H19F3N2O4S. The second-order valence-corrected chi connectivity index (χ2v) is 7.53. The molecule has 3 rings (SSSR count). The van der Waals surface area contributed by atoms with Crippen LogP contribution in [0.5, 0.6) is 0 Å². The van der Waals surface area contributed by atoms with E-state index in [0.29, 0.717) is 34.3 Å². The summed E-state index contributed by atoms with van der Waals surface area (Å²) in [5, 5.41) is 19.6. The lowest BCUT2D eigenvalue weighted by Gasteiger charge is -2.29. The quantitative estimate of drug-likeness (QED) is 0.582. The second-order valence-electron chi connectivity index (χ2n) is 6.67. The number of aliphatic hydroxyl groups is 1. The number of halogens is 3. The van der Waals surface area contributed by atoms with Gasteiger partial charge >= 0.3 is 12.1 Å². The van der Waals surface area contributed by atoms with Crippen LogP contribution in [0.4, 0.5) is 19.0 Å². The molecular weight excluding hydrogens is 409 g/mol. The SMILES string of the molecule is Cc1c(C(=O)O)oc2ccc(C[C@@H](C)N(CCO)c3csc(C(F)(F)F)n3)cc12. The van der Waals surface area contributed by atoms with Crippen molar-refractivity contribution in [2.45, 2.75) is 32.5 Å². The van der Waals surface area contributed by atoms with Crippen molar-refractivity contribution in [1.82, 2.24) is 4.98 Å². The number of benzene rings is 1. The Labute approximate surface area is 168 Å². The number of nitrogens with zero attached hydrogens (tertiary/aromatic N) is 2. The topological polar surface area (TPSA) is 86.8 Å². The van der Waals surface area contributed by atoms with Gasteiger partial charge in [-0.05, 0) is 38.0 Å². The molecule has 1 aromatic carbocycles. The molecule has 3 aromatic rings. The van der Waals surface area contributed by atoms with Gasteiger partial charge in [0.25, 0.3) is 0 Å². The van der Waals surface area contributed by atoms with Crippen LogP contribution in [0.15, 0.2) is 28.0 Å². The summed E-state index contributed by atoms with van der Waals surface area (Å²) in [5.41, 5.74) is 1.83. The molecule has 0 aliphatic carbocycles. The van der Waals surface area contributed by atoms with Gasteiger partial charge in [0.05, 0.1) is 6.61 Å². The van der Waals surface area contributed by atoms with Crippen LogP contribution in [0.3, 0.4) is 0 Å². The Kier molecular flexibility index (Phi) is 5.85. The smallest absolute Gasteiger partial charge is 0.443 e. The van der Waals surface area contributed by atoms with Gasteiger partial charge < -0.3 is 19.5 Å². The first-order chi connectivity index (χ1) is 13.6. The van der Waals surface area contributed by atoms with Gasteiger partial charge in [-0.25, -0.2) is 9.78 Å². The van der Waals surface area contributed by atoms with Gasteiger partial charge in [0, 0.05) is 28.9 Å². The fraction of sp³-hybridized carbons (Fsp3) is 0.368. The zero-order valence-corrected chi connectivity index (χ0v) is 16.5. The van der Waals surface area contributed by atoms with Gasteiger partial charge in [0.15, 0.2) is 5.01 Å². The molecule has 0 bridgehead atoms. The summed E-state index contributed by atoms with van der Waals surface area (Å²) < 4.78 is 44.0. The molecule has 6 nitrogen and oxygen atoms in total. The van der Waals surface area contributed by atoms with Crippen LogP contribution < -0.4 is 4.90 Å². The number of thiazole rings is 1. The fourth-order valence-corrected chi connectivity index (χ4v) is 3.93. The molecule has 0 radical (unpaired) electrons. The number of aryl methyl sites for hydroxylation is 1. The summed E-state index contributed by atoms with van der Waals surface area (Å²) in [7, 11) is 0. The molecule has 156 valence electrons. The number of rotatable bonds is 7. The Hall–Kier alpha value is -2.59. The monoisotopic (exact) mass is 428 g/mol. The zero-order chi connectivity index (χ0) is 21.3. The predicted molar refractivity (Wildman–Crippen MR) is 103 cm³/mol. The average Bonchev–Trinajstić information content (AvgIpc) is 3.25. The standard InChI is InChI=1S/C19H19F3N2O4S/c1-10(24(5-6-25)15-9-29-18(23-15)19(20,21)22)7-12-3-4-14-13(8-12)11(2)16(28-14)17(26)27/h3-4,8-10,25H,5-7H2,1-2H3,(H,26,27)/t10-/m1/s1. The average molecular weight is 428 g/mol. The van der Waals surface area contributed by atoms with Crippen LogP contribution in [-0.2, 0) is 12.6 Å². The first kappa shape index (κ1) is 21.1. The Bertz CT molecular complexity index is 1030. The maximum Gasteiger partial charge on any atom is 0.443 e. The van der Waals surface area contributed by atoms with E-state index in [1.165, 1.54) is 5.38 Å². The van der Waals surface area contributed by atoms with Gasteiger partial charge in [0.1, 0.15) is 11.4 Å². The summed E-state index contributed by atoms with van der Waals surface area (Å²) >= 11 is 0.516. The highest BCUT2D eigenvalue weighted by atomic mass is 32.1. The number of aromatic carboxylic acids is 1. The fourth-order valence-electron chi connectivity index (χ4n) is 3.25. The minimum absolute atomic E-state index is 0.116. The molecule has 0 saturated heterocycles. The highest BCUT2D eigenvalue weighted by molar-refractivity contribution is 7.10. The van der Waals surface area contributed by atoms with Crippen LogP contribution >= 0.6 is 11.3 Å². The Morgan fingerprint density at radius 1 is 1.38 bits per heavy atom. The number of anilines is 1. The van der Waals surface area contributed by atoms with Gasteiger partial charge in [-0.2, -0.15) is 13.2 Å². The minimum atomic E-state index is -4.51. The van der Waals surface area contributed by atoms with E-state index >= 15 is 0 Å². The minimum Gasteiger partial charge on any atom is -0.475 e. The number of alkyl halides is 3. The Morgan fingerprint density at radius 2 is 2.10 bits per heavy atom. The molecule has 0 fully saturated rings. The molecule has 29 heavy (non-hydrogen) atoms. The van der Waals surface area contributed by atoms with E-state index < -0.39 is 17.2 Å². The molecule has 2 heterocycles. The van der Waals surface area contributed by atoms with Gasteiger partial charge in [-0.1, -0.05) is 6.07 Å². The molecule has 0 unspecified atom stereocenters. The summed E-state index contributed by atoms with van der Waals surface area (Å²) in [6, 6.07) is 5.02. The first-order valence-corrected chi connectivity index (χ1v) is 9.65. The number of hydrogen-bond acceptors (Lipinski definition) is 6. The van der Waals surface area contributed by atoms with Crippen LogP contribution in [0.25, 0.3) is 11.0 Å².